The number of nitrogen functional groups attached to an aromatic ring is 1. The molecule has 0 spiro atoms. The van der Waals surface area contributed by atoms with Gasteiger partial charge in [0.1, 0.15) is 5.75 Å². The van der Waals surface area contributed by atoms with Crippen LogP contribution in [0.1, 0.15) is 38.2 Å². The molecule has 1 aliphatic carbocycles. The molecule has 1 aromatic rings. The summed E-state index contributed by atoms with van der Waals surface area (Å²) in [7, 11) is 1.70. The number of methoxy groups -OCH3 is 1. The van der Waals surface area contributed by atoms with Crippen molar-refractivity contribution in [3.8, 4) is 5.75 Å². The van der Waals surface area contributed by atoms with E-state index in [-0.39, 0.29) is 0 Å². The lowest BCUT2D eigenvalue weighted by Crippen LogP contribution is -2.49. The van der Waals surface area contributed by atoms with E-state index in [4.69, 9.17) is 10.5 Å². The number of hydrogen-bond acceptors (Lipinski definition) is 4. The molecule has 1 aromatic carbocycles. The Bertz CT molecular complexity index is 503. The highest BCUT2D eigenvalue weighted by Gasteiger charge is 2.30. The van der Waals surface area contributed by atoms with Gasteiger partial charge in [0.05, 0.1) is 12.8 Å². The van der Waals surface area contributed by atoms with E-state index < -0.39 is 0 Å². The predicted molar refractivity (Wildman–Crippen MR) is 88.3 cm³/mol. The SMILES string of the molecule is COc1cc(N2CCN(C(C)C)CC2)c(C2CC2)cc1N. The Morgan fingerprint density at radius 1 is 1.14 bits per heavy atom. The molecule has 0 amide bonds. The molecule has 0 radical (unpaired) electrons. The second kappa shape index (κ2) is 5.76. The Morgan fingerprint density at radius 3 is 2.33 bits per heavy atom. The van der Waals surface area contributed by atoms with Crippen molar-refractivity contribution in [2.75, 3.05) is 43.9 Å². The van der Waals surface area contributed by atoms with Crippen LogP contribution >= 0.6 is 0 Å². The summed E-state index contributed by atoms with van der Waals surface area (Å²) in [5.74, 6) is 1.51. The van der Waals surface area contributed by atoms with Gasteiger partial charge in [0.25, 0.3) is 0 Å². The van der Waals surface area contributed by atoms with Crippen molar-refractivity contribution in [2.45, 2.75) is 38.6 Å². The number of nitrogens with two attached hydrogens (primary N) is 1. The lowest BCUT2D eigenvalue weighted by Gasteiger charge is -2.39. The van der Waals surface area contributed by atoms with Crippen molar-refractivity contribution in [3.05, 3.63) is 17.7 Å². The number of anilines is 2. The first-order valence-electron chi connectivity index (χ1n) is 8.06. The third kappa shape index (κ3) is 2.95. The molecule has 2 fully saturated rings. The van der Waals surface area contributed by atoms with E-state index in [9.17, 15) is 0 Å². The first-order valence-corrected chi connectivity index (χ1v) is 8.06. The molecule has 2 aliphatic rings. The molecule has 0 atom stereocenters. The molecule has 3 rings (SSSR count). The highest BCUT2D eigenvalue weighted by molar-refractivity contribution is 5.68. The average Bonchev–Trinajstić information content (AvgIpc) is 3.31. The molecule has 0 bridgehead atoms. The quantitative estimate of drug-likeness (QED) is 0.865. The highest BCUT2D eigenvalue weighted by Crippen LogP contribution is 2.47. The maximum absolute atomic E-state index is 6.11. The number of benzene rings is 1. The maximum atomic E-state index is 6.11. The van der Waals surface area contributed by atoms with Crippen LogP contribution in [-0.2, 0) is 0 Å². The molecule has 1 heterocycles. The molecular weight excluding hydrogens is 262 g/mol. The summed E-state index contributed by atoms with van der Waals surface area (Å²) in [4.78, 5) is 5.05. The minimum Gasteiger partial charge on any atom is -0.495 e. The number of hydrogen-bond donors (Lipinski definition) is 1. The molecule has 2 N–H and O–H groups in total. The van der Waals surface area contributed by atoms with E-state index in [1.807, 2.05) is 0 Å². The second-order valence-electron chi connectivity index (χ2n) is 6.54. The van der Waals surface area contributed by atoms with Crippen molar-refractivity contribution in [1.82, 2.24) is 4.90 Å². The van der Waals surface area contributed by atoms with Gasteiger partial charge in [-0.25, -0.2) is 0 Å². The number of ether oxygens (including phenoxy) is 1. The largest absolute Gasteiger partial charge is 0.495 e. The Morgan fingerprint density at radius 2 is 1.81 bits per heavy atom. The minimum absolute atomic E-state index is 0.635. The predicted octanol–water partition coefficient (Wildman–Crippen LogP) is 2.69. The van der Waals surface area contributed by atoms with Crippen molar-refractivity contribution in [2.24, 2.45) is 0 Å². The van der Waals surface area contributed by atoms with E-state index in [2.05, 4.69) is 35.8 Å². The first kappa shape index (κ1) is 14.5. The van der Waals surface area contributed by atoms with E-state index in [0.717, 1.165) is 37.6 Å². The van der Waals surface area contributed by atoms with Crippen LogP contribution in [0.25, 0.3) is 0 Å². The molecule has 4 heteroatoms. The van der Waals surface area contributed by atoms with E-state index in [1.165, 1.54) is 24.1 Å². The summed E-state index contributed by atoms with van der Waals surface area (Å²) in [5, 5.41) is 0. The standard InChI is InChI=1S/C17H27N3O/c1-12(2)19-6-8-20(9-7-19)16-11-17(21-3)15(18)10-14(16)13-4-5-13/h10-13H,4-9,18H2,1-3H3. The van der Waals surface area contributed by atoms with Gasteiger partial charge < -0.3 is 15.4 Å². The Balaban J connectivity index is 1.84. The minimum atomic E-state index is 0.635. The molecule has 21 heavy (non-hydrogen) atoms. The Hall–Kier alpha value is -1.42. The van der Waals surface area contributed by atoms with Gasteiger partial charge in [0, 0.05) is 44.0 Å². The summed E-state index contributed by atoms with van der Waals surface area (Å²) >= 11 is 0. The van der Waals surface area contributed by atoms with Gasteiger partial charge in [-0.05, 0) is 44.2 Å². The van der Waals surface area contributed by atoms with Crippen LogP contribution in [0.4, 0.5) is 11.4 Å². The molecule has 1 saturated carbocycles. The van der Waals surface area contributed by atoms with Crippen LogP contribution in [0.5, 0.6) is 5.75 Å². The fourth-order valence-corrected chi connectivity index (χ4v) is 3.25. The molecule has 116 valence electrons. The van der Waals surface area contributed by atoms with Crippen LogP contribution in [0.15, 0.2) is 12.1 Å². The normalized spacial score (nSPS) is 20.1. The first-order chi connectivity index (χ1) is 10.1. The van der Waals surface area contributed by atoms with Gasteiger partial charge >= 0.3 is 0 Å². The van der Waals surface area contributed by atoms with Crippen LogP contribution in [0.3, 0.4) is 0 Å². The highest BCUT2D eigenvalue weighted by atomic mass is 16.5. The number of piperazine rings is 1. The zero-order valence-electron chi connectivity index (χ0n) is 13.4. The van der Waals surface area contributed by atoms with Gasteiger partial charge in [0.15, 0.2) is 0 Å². The van der Waals surface area contributed by atoms with E-state index >= 15 is 0 Å². The zero-order valence-corrected chi connectivity index (χ0v) is 13.4. The molecule has 0 unspecified atom stereocenters. The van der Waals surface area contributed by atoms with Gasteiger partial charge in [-0.3, -0.25) is 4.90 Å². The molecular formula is C17H27N3O. The zero-order chi connectivity index (χ0) is 15.0. The molecule has 4 nitrogen and oxygen atoms in total. The fourth-order valence-electron chi connectivity index (χ4n) is 3.25. The van der Waals surface area contributed by atoms with Crippen LogP contribution < -0.4 is 15.4 Å². The Labute approximate surface area is 127 Å². The fraction of sp³-hybridized carbons (Fsp3) is 0.647. The lowest BCUT2D eigenvalue weighted by molar-refractivity contribution is 0.209. The van der Waals surface area contributed by atoms with Crippen molar-refractivity contribution >= 4 is 11.4 Å². The van der Waals surface area contributed by atoms with Crippen LogP contribution in [0.2, 0.25) is 0 Å². The van der Waals surface area contributed by atoms with Gasteiger partial charge in [0.2, 0.25) is 0 Å². The third-order valence-corrected chi connectivity index (χ3v) is 4.78. The van der Waals surface area contributed by atoms with E-state index in [0.29, 0.717) is 12.0 Å². The molecule has 0 aromatic heterocycles. The summed E-state index contributed by atoms with van der Waals surface area (Å²) in [6, 6.07) is 4.92. The van der Waals surface area contributed by atoms with Crippen LogP contribution in [0, 0.1) is 0 Å². The summed E-state index contributed by atoms with van der Waals surface area (Å²) in [6.07, 6.45) is 2.59. The second-order valence-corrected chi connectivity index (χ2v) is 6.54. The van der Waals surface area contributed by atoms with E-state index in [1.54, 1.807) is 7.11 Å². The number of nitrogens with zero attached hydrogens (tertiary/aromatic N) is 2. The topological polar surface area (TPSA) is 41.7 Å². The maximum Gasteiger partial charge on any atom is 0.143 e. The smallest absolute Gasteiger partial charge is 0.143 e. The van der Waals surface area contributed by atoms with Gasteiger partial charge in [-0.15, -0.1) is 0 Å². The third-order valence-electron chi connectivity index (χ3n) is 4.78. The van der Waals surface area contributed by atoms with Crippen molar-refractivity contribution < 1.29 is 4.74 Å². The number of rotatable bonds is 4. The van der Waals surface area contributed by atoms with Gasteiger partial charge in [-0.1, -0.05) is 0 Å². The molecule has 1 saturated heterocycles. The van der Waals surface area contributed by atoms with Crippen molar-refractivity contribution in [1.29, 1.82) is 0 Å². The summed E-state index contributed by atoms with van der Waals surface area (Å²) < 4.78 is 5.43. The summed E-state index contributed by atoms with van der Waals surface area (Å²) in [6.45, 7) is 8.99. The molecule has 1 aliphatic heterocycles. The average molecular weight is 289 g/mol. The monoisotopic (exact) mass is 289 g/mol. The van der Waals surface area contributed by atoms with Crippen LogP contribution in [-0.4, -0.2) is 44.2 Å². The van der Waals surface area contributed by atoms with Gasteiger partial charge in [-0.2, -0.15) is 0 Å². The van der Waals surface area contributed by atoms with Crippen molar-refractivity contribution in [3.63, 3.8) is 0 Å². The Kier molecular flexibility index (Phi) is 3.98. The lowest BCUT2D eigenvalue weighted by atomic mass is 10.0. The summed E-state index contributed by atoms with van der Waals surface area (Å²) in [5.41, 5.74) is 9.64.